The zero-order chi connectivity index (χ0) is 19.4. The number of piperidine rings is 1. The van der Waals surface area contributed by atoms with Crippen LogP contribution in [0.5, 0.6) is 0 Å². The van der Waals surface area contributed by atoms with E-state index in [-0.39, 0.29) is 42.0 Å². The number of carbonyl (C=O) groups is 1. The van der Waals surface area contributed by atoms with E-state index < -0.39 is 11.6 Å². The monoisotopic (exact) mass is 412 g/mol. The van der Waals surface area contributed by atoms with Crippen LogP contribution in [-0.2, 0) is 11.2 Å². The van der Waals surface area contributed by atoms with Gasteiger partial charge in [-0.2, -0.15) is 0 Å². The van der Waals surface area contributed by atoms with Gasteiger partial charge in [0.2, 0.25) is 5.91 Å². The molecule has 7 heteroatoms. The predicted octanol–water partition coefficient (Wildman–Crippen LogP) is 3.97. The van der Waals surface area contributed by atoms with Crippen molar-refractivity contribution in [2.75, 3.05) is 13.1 Å². The minimum Gasteiger partial charge on any atom is -0.351 e. The molecule has 3 rings (SSSR count). The Bertz CT molecular complexity index is 818. The Kier molecular flexibility index (Phi) is 7.89. The van der Waals surface area contributed by atoms with Crippen molar-refractivity contribution in [3.63, 3.8) is 0 Å². The second-order valence-electron chi connectivity index (χ2n) is 7.12. The van der Waals surface area contributed by atoms with Crippen LogP contribution >= 0.6 is 12.4 Å². The summed E-state index contributed by atoms with van der Waals surface area (Å²) in [6.45, 7) is 3.10. The van der Waals surface area contributed by atoms with E-state index in [0.29, 0.717) is 24.9 Å². The maximum absolute atomic E-state index is 13.6. The normalized spacial score (nSPS) is 20.1. The summed E-state index contributed by atoms with van der Waals surface area (Å²) in [4.78, 5) is 12.6. The summed E-state index contributed by atoms with van der Waals surface area (Å²) in [6, 6.07) is 9.90. The Morgan fingerprint density at radius 1 is 1.18 bits per heavy atom. The molecule has 0 radical (unpaired) electrons. The highest BCUT2D eigenvalue weighted by Gasteiger charge is 2.29. The third kappa shape index (κ3) is 5.49. The minimum absolute atomic E-state index is 0. The van der Waals surface area contributed by atoms with E-state index in [9.17, 15) is 18.0 Å². The van der Waals surface area contributed by atoms with Crippen molar-refractivity contribution in [1.82, 2.24) is 10.6 Å². The van der Waals surface area contributed by atoms with Gasteiger partial charge in [-0.3, -0.25) is 4.79 Å². The van der Waals surface area contributed by atoms with Gasteiger partial charge in [0.15, 0.2) is 11.6 Å². The molecule has 0 bridgehead atoms. The van der Waals surface area contributed by atoms with Crippen molar-refractivity contribution < 1.29 is 18.0 Å². The average molecular weight is 413 g/mol. The predicted molar refractivity (Wildman–Crippen MR) is 105 cm³/mol. The molecule has 1 heterocycles. The van der Waals surface area contributed by atoms with Gasteiger partial charge in [-0.1, -0.05) is 25.1 Å². The van der Waals surface area contributed by atoms with Crippen LogP contribution in [0.1, 0.15) is 30.4 Å². The zero-order valence-corrected chi connectivity index (χ0v) is 16.4. The number of carbonyl (C=O) groups excluding carboxylic acids is 1. The lowest BCUT2D eigenvalue weighted by atomic mass is 9.85. The molecular weight excluding hydrogens is 389 g/mol. The molecular formula is C21H24ClF3N2O. The lowest BCUT2D eigenvalue weighted by molar-refractivity contribution is -0.125. The summed E-state index contributed by atoms with van der Waals surface area (Å²) in [6.07, 6.45) is 1.15. The van der Waals surface area contributed by atoms with Crippen molar-refractivity contribution >= 4 is 18.3 Å². The molecule has 2 aromatic carbocycles. The molecule has 3 unspecified atom stereocenters. The maximum atomic E-state index is 13.6. The van der Waals surface area contributed by atoms with Gasteiger partial charge in [0.05, 0.1) is 0 Å². The molecule has 0 aliphatic carbocycles. The Balaban J connectivity index is 0.00000280. The van der Waals surface area contributed by atoms with Crippen LogP contribution in [-0.4, -0.2) is 25.0 Å². The van der Waals surface area contributed by atoms with Crippen LogP contribution in [0.25, 0.3) is 0 Å². The van der Waals surface area contributed by atoms with Gasteiger partial charge in [0.1, 0.15) is 5.82 Å². The first kappa shape index (κ1) is 22.2. The molecule has 1 aliphatic rings. The summed E-state index contributed by atoms with van der Waals surface area (Å²) in [5.41, 5.74) is 1.44. The number of rotatable bonds is 5. The van der Waals surface area contributed by atoms with E-state index in [1.54, 1.807) is 25.1 Å². The highest BCUT2D eigenvalue weighted by atomic mass is 35.5. The molecule has 3 nitrogen and oxygen atoms in total. The number of hydrogen-bond donors (Lipinski definition) is 2. The van der Waals surface area contributed by atoms with Gasteiger partial charge < -0.3 is 10.6 Å². The summed E-state index contributed by atoms with van der Waals surface area (Å²) in [5.74, 6) is -2.64. The van der Waals surface area contributed by atoms with E-state index in [4.69, 9.17) is 0 Å². The van der Waals surface area contributed by atoms with Crippen molar-refractivity contribution in [3.05, 3.63) is 71.0 Å². The first-order chi connectivity index (χ1) is 12.9. The quantitative estimate of drug-likeness (QED) is 0.780. The smallest absolute Gasteiger partial charge is 0.223 e. The largest absolute Gasteiger partial charge is 0.351 e. The molecule has 28 heavy (non-hydrogen) atoms. The second-order valence-corrected chi connectivity index (χ2v) is 7.12. The standard InChI is InChI=1S/C21H23F3N2O.ClH/c1-13(9-14-3-2-4-16(22)10-14)21(27)26-20-12-25-8-7-17(20)15-5-6-18(23)19(24)11-15;/h2-6,10-11,13,17,20,25H,7-9,12H2,1H3,(H,26,27);1H. The first-order valence-corrected chi connectivity index (χ1v) is 9.14. The van der Waals surface area contributed by atoms with Gasteiger partial charge in [0.25, 0.3) is 0 Å². The molecule has 2 N–H and O–H groups in total. The zero-order valence-electron chi connectivity index (χ0n) is 15.6. The number of nitrogens with one attached hydrogen (secondary N) is 2. The second kappa shape index (κ2) is 9.94. The van der Waals surface area contributed by atoms with Crippen LogP contribution in [0.15, 0.2) is 42.5 Å². The molecule has 0 spiro atoms. The van der Waals surface area contributed by atoms with Gasteiger partial charge in [-0.05, 0) is 54.8 Å². The molecule has 1 aliphatic heterocycles. The van der Waals surface area contributed by atoms with Crippen molar-refractivity contribution in [1.29, 1.82) is 0 Å². The molecule has 1 fully saturated rings. The Hall–Kier alpha value is -2.05. The number of hydrogen-bond acceptors (Lipinski definition) is 2. The maximum Gasteiger partial charge on any atom is 0.223 e. The van der Waals surface area contributed by atoms with Gasteiger partial charge in [-0.15, -0.1) is 12.4 Å². The molecule has 1 saturated heterocycles. The third-order valence-corrected chi connectivity index (χ3v) is 5.06. The van der Waals surface area contributed by atoms with Gasteiger partial charge >= 0.3 is 0 Å². The topological polar surface area (TPSA) is 41.1 Å². The van der Waals surface area contributed by atoms with Crippen LogP contribution in [0.3, 0.4) is 0 Å². The SMILES string of the molecule is CC(Cc1cccc(F)c1)C(=O)NC1CNCCC1c1ccc(F)c(F)c1.Cl. The highest BCUT2D eigenvalue weighted by molar-refractivity contribution is 5.85. The minimum atomic E-state index is -0.879. The van der Waals surface area contributed by atoms with Crippen LogP contribution in [0, 0.1) is 23.4 Å². The van der Waals surface area contributed by atoms with E-state index in [2.05, 4.69) is 10.6 Å². The van der Waals surface area contributed by atoms with Crippen molar-refractivity contribution in [2.24, 2.45) is 5.92 Å². The molecule has 0 saturated carbocycles. The number of halogens is 4. The lowest BCUT2D eigenvalue weighted by Crippen LogP contribution is -2.51. The van der Waals surface area contributed by atoms with Gasteiger partial charge in [0, 0.05) is 24.4 Å². The van der Waals surface area contributed by atoms with E-state index >= 15 is 0 Å². The van der Waals surface area contributed by atoms with Crippen molar-refractivity contribution in [2.45, 2.75) is 31.7 Å². The van der Waals surface area contributed by atoms with Crippen LogP contribution < -0.4 is 10.6 Å². The van der Waals surface area contributed by atoms with E-state index in [1.165, 1.54) is 18.2 Å². The Labute approximate surface area is 169 Å². The fourth-order valence-electron chi connectivity index (χ4n) is 3.59. The average Bonchev–Trinajstić information content (AvgIpc) is 2.64. The Morgan fingerprint density at radius 3 is 2.68 bits per heavy atom. The summed E-state index contributed by atoms with van der Waals surface area (Å²) in [5, 5.41) is 6.25. The molecule has 152 valence electrons. The van der Waals surface area contributed by atoms with Crippen LogP contribution in [0.2, 0.25) is 0 Å². The fourth-order valence-corrected chi connectivity index (χ4v) is 3.59. The molecule has 3 atom stereocenters. The first-order valence-electron chi connectivity index (χ1n) is 9.14. The molecule has 2 aromatic rings. The lowest BCUT2D eigenvalue weighted by Gasteiger charge is -2.34. The van der Waals surface area contributed by atoms with E-state index in [1.807, 2.05) is 0 Å². The number of benzene rings is 2. The summed E-state index contributed by atoms with van der Waals surface area (Å²) < 4.78 is 40.2. The number of amides is 1. The van der Waals surface area contributed by atoms with Gasteiger partial charge in [-0.25, -0.2) is 13.2 Å². The van der Waals surface area contributed by atoms with Crippen LogP contribution in [0.4, 0.5) is 13.2 Å². The summed E-state index contributed by atoms with van der Waals surface area (Å²) in [7, 11) is 0. The highest BCUT2D eigenvalue weighted by Crippen LogP contribution is 2.27. The van der Waals surface area contributed by atoms with Crippen molar-refractivity contribution in [3.8, 4) is 0 Å². The summed E-state index contributed by atoms with van der Waals surface area (Å²) >= 11 is 0. The molecule has 1 amide bonds. The molecule has 0 aromatic heterocycles. The Morgan fingerprint density at radius 2 is 1.96 bits per heavy atom. The van der Waals surface area contributed by atoms with E-state index in [0.717, 1.165) is 18.2 Å². The fraction of sp³-hybridized carbons (Fsp3) is 0.381. The third-order valence-electron chi connectivity index (χ3n) is 5.06.